The number of nitrogens with one attached hydrogen (secondary N) is 1. The van der Waals surface area contributed by atoms with Crippen LogP contribution in [0.25, 0.3) is 33.4 Å². The third-order valence-corrected chi connectivity index (χ3v) is 8.02. The van der Waals surface area contributed by atoms with E-state index >= 15 is 0 Å². The smallest absolute Gasteiger partial charge is 0.408 e. The van der Waals surface area contributed by atoms with Crippen molar-refractivity contribution in [3.8, 4) is 22.5 Å². The molecule has 212 valence electrons. The fourth-order valence-electron chi connectivity index (χ4n) is 5.80. The molecule has 4 aromatic rings. The molecule has 1 aliphatic carbocycles. The van der Waals surface area contributed by atoms with E-state index in [1.165, 1.54) is 0 Å². The van der Waals surface area contributed by atoms with Crippen LogP contribution in [0.3, 0.4) is 0 Å². The number of fused-ring (bicyclic) bond motifs is 1. The summed E-state index contributed by atoms with van der Waals surface area (Å²) in [5.41, 5.74) is 3.23. The molecule has 2 heterocycles. The maximum Gasteiger partial charge on any atom is 0.408 e. The van der Waals surface area contributed by atoms with Crippen LogP contribution in [0.4, 0.5) is 9.18 Å². The summed E-state index contributed by atoms with van der Waals surface area (Å²) in [4.78, 5) is 28.8. The molecule has 0 unspecified atom stereocenters. The molecule has 2 aliphatic rings. The van der Waals surface area contributed by atoms with Crippen LogP contribution in [0.1, 0.15) is 51.2 Å². The van der Waals surface area contributed by atoms with Crippen LogP contribution in [-0.4, -0.2) is 35.9 Å². The Labute approximate surface area is 239 Å². The number of benzene rings is 3. The summed E-state index contributed by atoms with van der Waals surface area (Å²) in [5.74, 6) is 0.500. The van der Waals surface area contributed by atoms with E-state index in [-0.39, 0.29) is 5.43 Å². The molecule has 2 fully saturated rings. The third kappa shape index (κ3) is 5.38. The number of hydrogen-bond acceptors (Lipinski definition) is 5. The van der Waals surface area contributed by atoms with Gasteiger partial charge in [0, 0.05) is 30.8 Å². The van der Waals surface area contributed by atoms with Gasteiger partial charge in [-0.3, -0.25) is 9.69 Å². The summed E-state index contributed by atoms with van der Waals surface area (Å²) in [5, 5.41) is 3.60. The minimum Gasteiger partial charge on any atom is -0.455 e. The van der Waals surface area contributed by atoms with E-state index < -0.39 is 23.4 Å². The number of carbonyl (C=O) groups excluding carboxylic acids is 1. The lowest BCUT2D eigenvalue weighted by Crippen LogP contribution is -2.52. The zero-order chi connectivity index (χ0) is 28.8. The van der Waals surface area contributed by atoms with Gasteiger partial charge in [0.1, 0.15) is 23.1 Å². The Morgan fingerprint density at radius 3 is 2.32 bits per heavy atom. The maximum absolute atomic E-state index is 14.1. The van der Waals surface area contributed by atoms with E-state index in [2.05, 4.69) is 5.32 Å². The number of halogens is 1. The molecule has 7 heteroatoms. The first-order chi connectivity index (χ1) is 19.6. The number of alkyl halides is 1. The van der Waals surface area contributed by atoms with Crippen molar-refractivity contribution in [3.63, 3.8) is 0 Å². The van der Waals surface area contributed by atoms with Crippen molar-refractivity contribution in [2.75, 3.05) is 13.1 Å². The van der Waals surface area contributed by atoms with Crippen LogP contribution in [-0.2, 0) is 16.8 Å². The second-order valence-electron chi connectivity index (χ2n) is 12.2. The summed E-state index contributed by atoms with van der Waals surface area (Å²) >= 11 is 0. The fraction of sp³-hybridized carbons (Fsp3) is 0.353. The Kier molecular flexibility index (Phi) is 6.94. The average molecular weight is 555 g/mol. The molecule has 41 heavy (non-hydrogen) atoms. The standard InChI is InChI=1S/C34H35FN2O4/c1-33(2,3)41-32(39)36-34(17-8-18-34)25-15-13-22(14-16-25)28-29(38)27-12-7-11-24(19-37-20-26(35)21-37)30(27)40-31(28)23-9-5-4-6-10-23/h4-7,9-16,26H,8,17-21H2,1-3H3,(H,36,39). The highest BCUT2D eigenvalue weighted by Crippen LogP contribution is 2.42. The Bertz CT molecular complexity index is 1630. The van der Waals surface area contributed by atoms with Crippen molar-refractivity contribution in [3.05, 3.63) is 94.1 Å². The zero-order valence-electron chi connectivity index (χ0n) is 23.7. The fourth-order valence-corrected chi connectivity index (χ4v) is 5.80. The van der Waals surface area contributed by atoms with Crippen molar-refractivity contribution in [2.45, 2.75) is 63.9 Å². The molecule has 6 rings (SSSR count). The molecule has 1 aromatic heterocycles. The minimum absolute atomic E-state index is 0.114. The average Bonchev–Trinajstić information content (AvgIpc) is 2.90. The first-order valence-corrected chi connectivity index (χ1v) is 14.2. The maximum atomic E-state index is 14.1. The monoisotopic (exact) mass is 554 g/mol. The van der Waals surface area contributed by atoms with Crippen LogP contribution in [0.15, 0.2) is 82.0 Å². The summed E-state index contributed by atoms with van der Waals surface area (Å²) in [6, 6.07) is 23.1. The molecule has 1 saturated carbocycles. The van der Waals surface area contributed by atoms with E-state index in [4.69, 9.17) is 9.15 Å². The Morgan fingerprint density at radius 2 is 1.71 bits per heavy atom. The predicted octanol–water partition coefficient (Wildman–Crippen LogP) is 7.18. The van der Waals surface area contributed by atoms with Gasteiger partial charge >= 0.3 is 6.09 Å². The number of ether oxygens (including phenoxy) is 1. The molecular formula is C34H35FN2O4. The van der Waals surface area contributed by atoms with Crippen molar-refractivity contribution in [1.29, 1.82) is 0 Å². The number of nitrogens with zero attached hydrogens (tertiary/aromatic N) is 1. The van der Waals surface area contributed by atoms with Gasteiger partial charge in [-0.2, -0.15) is 0 Å². The minimum atomic E-state index is -0.801. The van der Waals surface area contributed by atoms with E-state index in [0.29, 0.717) is 41.9 Å². The summed E-state index contributed by atoms with van der Waals surface area (Å²) in [6.07, 6.45) is 1.42. The van der Waals surface area contributed by atoms with E-state index in [1.807, 2.05) is 92.4 Å². The molecule has 0 radical (unpaired) electrons. The van der Waals surface area contributed by atoms with Crippen LogP contribution in [0.2, 0.25) is 0 Å². The SMILES string of the molecule is CC(C)(C)OC(=O)NC1(c2ccc(-c3c(-c4ccccc4)oc4c(CN5CC(F)C5)cccc4c3=O)cc2)CCC1. The van der Waals surface area contributed by atoms with Gasteiger partial charge in [-0.25, -0.2) is 9.18 Å². The number of likely N-dealkylation sites (tertiary alicyclic amines) is 1. The summed E-state index contributed by atoms with van der Waals surface area (Å²) in [6.45, 7) is 6.85. The first kappa shape index (κ1) is 27.2. The normalized spacial score (nSPS) is 17.1. The lowest BCUT2D eigenvalue weighted by Gasteiger charge is -2.43. The zero-order valence-corrected chi connectivity index (χ0v) is 23.7. The Morgan fingerprint density at radius 1 is 1.00 bits per heavy atom. The van der Waals surface area contributed by atoms with Gasteiger partial charge in [-0.05, 0) is 57.2 Å². The van der Waals surface area contributed by atoms with Crippen molar-refractivity contribution in [1.82, 2.24) is 10.2 Å². The first-order valence-electron chi connectivity index (χ1n) is 14.2. The molecule has 0 bridgehead atoms. The predicted molar refractivity (Wildman–Crippen MR) is 158 cm³/mol. The van der Waals surface area contributed by atoms with Crippen LogP contribution in [0.5, 0.6) is 0 Å². The molecule has 0 atom stereocenters. The second kappa shape index (κ2) is 10.5. The Hall–Kier alpha value is -3.97. The van der Waals surface area contributed by atoms with Gasteiger partial charge in [-0.15, -0.1) is 0 Å². The quantitative estimate of drug-likeness (QED) is 0.273. The Balaban J connectivity index is 1.41. The lowest BCUT2D eigenvalue weighted by molar-refractivity contribution is 0.0377. The van der Waals surface area contributed by atoms with Gasteiger partial charge in [0.05, 0.1) is 16.5 Å². The van der Waals surface area contributed by atoms with Crippen LogP contribution < -0.4 is 10.7 Å². The number of rotatable bonds is 6. The largest absolute Gasteiger partial charge is 0.455 e. The highest BCUT2D eigenvalue weighted by atomic mass is 19.1. The molecule has 0 spiro atoms. The number of hydrogen-bond donors (Lipinski definition) is 1. The number of para-hydroxylation sites is 1. The van der Waals surface area contributed by atoms with Crippen molar-refractivity contribution < 1.29 is 18.3 Å². The third-order valence-electron chi connectivity index (χ3n) is 8.02. The lowest BCUT2D eigenvalue weighted by atomic mass is 9.71. The summed E-state index contributed by atoms with van der Waals surface area (Å²) < 4.78 is 25.6. The number of amides is 1. The van der Waals surface area contributed by atoms with Gasteiger partial charge in [-0.1, -0.05) is 66.7 Å². The van der Waals surface area contributed by atoms with Crippen LogP contribution in [0, 0.1) is 0 Å². The van der Waals surface area contributed by atoms with Gasteiger partial charge in [0.15, 0.2) is 0 Å². The number of carbonyl (C=O) groups is 1. The molecular weight excluding hydrogens is 519 g/mol. The molecule has 1 amide bonds. The number of alkyl carbamates (subject to hydrolysis) is 1. The molecule has 1 aliphatic heterocycles. The van der Waals surface area contributed by atoms with Crippen molar-refractivity contribution >= 4 is 17.1 Å². The topological polar surface area (TPSA) is 71.8 Å². The van der Waals surface area contributed by atoms with Crippen LogP contribution >= 0.6 is 0 Å². The highest BCUT2D eigenvalue weighted by Gasteiger charge is 2.41. The van der Waals surface area contributed by atoms with E-state index in [0.717, 1.165) is 41.5 Å². The van der Waals surface area contributed by atoms with E-state index in [1.54, 1.807) is 6.07 Å². The molecule has 6 nitrogen and oxygen atoms in total. The highest BCUT2D eigenvalue weighted by molar-refractivity contribution is 5.90. The van der Waals surface area contributed by atoms with Gasteiger partial charge in [0.2, 0.25) is 5.43 Å². The molecule has 1 saturated heterocycles. The molecule has 1 N–H and O–H groups in total. The van der Waals surface area contributed by atoms with E-state index in [9.17, 15) is 14.0 Å². The second-order valence-corrected chi connectivity index (χ2v) is 12.2. The van der Waals surface area contributed by atoms with Crippen molar-refractivity contribution in [2.24, 2.45) is 0 Å². The molecule has 3 aromatic carbocycles. The summed E-state index contributed by atoms with van der Waals surface area (Å²) in [7, 11) is 0. The van der Waals surface area contributed by atoms with Gasteiger partial charge < -0.3 is 14.5 Å². The van der Waals surface area contributed by atoms with Gasteiger partial charge in [0.25, 0.3) is 0 Å².